The Morgan fingerprint density at radius 2 is 1.81 bits per heavy atom. The van der Waals surface area contributed by atoms with Crippen molar-refractivity contribution in [2.24, 2.45) is 0 Å². The Balaban J connectivity index is 2.98. The monoisotopic (exact) mass is 221 g/mol. The molecule has 0 aromatic carbocycles. The number of unbranched alkanes of at least 4 members (excludes halogenated alkanes) is 1. The van der Waals surface area contributed by atoms with Gasteiger partial charge in [-0.1, -0.05) is 20.3 Å². The molecule has 90 valence electrons. The van der Waals surface area contributed by atoms with E-state index in [1.165, 1.54) is 24.1 Å². The predicted molar refractivity (Wildman–Crippen MR) is 68.9 cm³/mol. The van der Waals surface area contributed by atoms with Crippen LogP contribution in [0.25, 0.3) is 0 Å². The van der Waals surface area contributed by atoms with Crippen LogP contribution in [0.3, 0.4) is 0 Å². The van der Waals surface area contributed by atoms with E-state index in [9.17, 15) is 0 Å². The number of anilines is 1. The summed E-state index contributed by atoms with van der Waals surface area (Å²) in [4.78, 5) is 9.18. The highest BCUT2D eigenvalue weighted by atomic mass is 15.0. The van der Waals surface area contributed by atoms with E-state index in [2.05, 4.69) is 36.1 Å². The van der Waals surface area contributed by atoms with Crippen LogP contribution in [0, 0.1) is 6.92 Å². The van der Waals surface area contributed by atoms with Gasteiger partial charge in [-0.3, -0.25) is 0 Å². The van der Waals surface area contributed by atoms with Crippen molar-refractivity contribution >= 4 is 5.82 Å². The van der Waals surface area contributed by atoms with Crippen molar-refractivity contribution in [3.63, 3.8) is 0 Å². The van der Waals surface area contributed by atoms with Gasteiger partial charge in [0.2, 0.25) is 0 Å². The first-order chi connectivity index (χ1) is 7.72. The van der Waals surface area contributed by atoms with E-state index in [0.717, 1.165) is 30.9 Å². The second kappa shape index (κ2) is 6.46. The number of nitrogens with one attached hydrogen (secondary N) is 1. The minimum atomic E-state index is 0.966. The predicted octanol–water partition coefficient (Wildman–Crippen LogP) is 3.12. The third-order valence-electron chi connectivity index (χ3n) is 2.77. The van der Waals surface area contributed by atoms with Crippen LogP contribution in [0.2, 0.25) is 0 Å². The molecule has 0 aliphatic carbocycles. The number of aromatic nitrogens is 2. The van der Waals surface area contributed by atoms with Crippen molar-refractivity contribution in [1.82, 2.24) is 9.97 Å². The molecular weight excluding hydrogens is 198 g/mol. The molecule has 0 saturated heterocycles. The molecule has 16 heavy (non-hydrogen) atoms. The molecule has 1 aromatic rings. The summed E-state index contributed by atoms with van der Waals surface area (Å²) in [5.41, 5.74) is 2.42. The Morgan fingerprint density at radius 1 is 1.06 bits per heavy atom. The molecule has 0 amide bonds. The molecule has 1 rings (SSSR count). The maximum absolute atomic E-state index is 4.66. The number of nitrogens with zero attached hydrogens (tertiary/aromatic N) is 2. The van der Waals surface area contributed by atoms with Crippen molar-refractivity contribution in [2.45, 2.75) is 52.9 Å². The molecule has 3 heteroatoms. The van der Waals surface area contributed by atoms with Crippen LogP contribution in [-0.2, 0) is 12.8 Å². The molecular formula is C13H23N3. The zero-order chi connectivity index (χ0) is 12.0. The van der Waals surface area contributed by atoms with E-state index < -0.39 is 0 Å². The SMILES string of the molecule is CCCCc1nc(CCC)nc(NC)c1C. The largest absolute Gasteiger partial charge is 0.373 e. The fraction of sp³-hybridized carbons (Fsp3) is 0.692. The molecule has 0 bridgehead atoms. The average molecular weight is 221 g/mol. The maximum Gasteiger partial charge on any atom is 0.132 e. The van der Waals surface area contributed by atoms with E-state index in [0.29, 0.717) is 0 Å². The minimum Gasteiger partial charge on any atom is -0.373 e. The maximum atomic E-state index is 4.66. The summed E-state index contributed by atoms with van der Waals surface area (Å²) in [6.45, 7) is 6.48. The van der Waals surface area contributed by atoms with Crippen LogP contribution in [0.5, 0.6) is 0 Å². The molecule has 1 heterocycles. The third kappa shape index (κ3) is 3.19. The lowest BCUT2D eigenvalue weighted by Crippen LogP contribution is -2.07. The van der Waals surface area contributed by atoms with Gasteiger partial charge in [0.25, 0.3) is 0 Å². The van der Waals surface area contributed by atoms with Gasteiger partial charge in [-0.15, -0.1) is 0 Å². The second-order valence-corrected chi connectivity index (χ2v) is 4.16. The smallest absolute Gasteiger partial charge is 0.132 e. The Bertz CT molecular complexity index is 334. The highest BCUT2D eigenvalue weighted by Crippen LogP contribution is 2.17. The van der Waals surface area contributed by atoms with Gasteiger partial charge in [-0.25, -0.2) is 9.97 Å². The number of aryl methyl sites for hydroxylation is 2. The topological polar surface area (TPSA) is 37.8 Å². The highest BCUT2D eigenvalue weighted by molar-refractivity contribution is 5.45. The van der Waals surface area contributed by atoms with Gasteiger partial charge in [0, 0.05) is 24.7 Å². The Labute approximate surface area is 98.7 Å². The summed E-state index contributed by atoms with van der Waals surface area (Å²) in [7, 11) is 1.93. The van der Waals surface area contributed by atoms with Crippen LogP contribution in [0.1, 0.15) is 50.2 Å². The zero-order valence-corrected chi connectivity index (χ0v) is 10.9. The Morgan fingerprint density at radius 3 is 2.38 bits per heavy atom. The summed E-state index contributed by atoms with van der Waals surface area (Å²) in [5.74, 6) is 1.97. The van der Waals surface area contributed by atoms with Gasteiger partial charge < -0.3 is 5.32 Å². The van der Waals surface area contributed by atoms with E-state index in [4.69, 9.17) is 0 Å². The van der Waals surface area contributed by atoms with Crippen molar-refractivity contribution < 1.29 is 0 Å². The molecule has 3 nitrogen and oxygen atoms in total. The fourth-order valence-corrected chi connectivity index (χ4v) is 1.78. The van der Waals surface area contributed by atoms with Crippen LogP contribution in [0.15, 0.2) is 0 Å². The van der Waals surface area contributed by atoms with E-state index in [-0.39, 0.29) is 0 Å². The molecule has 0 aliphatic rings. The molecule has 0 unspecified atom stereocenters. The van der Waals surface area contributed by atoms with Gasteiger partial charge in [0.15, 0.2) is 0 Å². The summed E-state index contributed by atoms with van der Waals surface area (Å²) in [5, 5.41) is 3.16. The van der Waals surface area contributed by atoms with Crippen LogP contribution in [-0.4, -0.2) is 17.0 Å². The standard InChI is InChI=1S/C13H23N3/c1-5-7-9-11-10(3)13(14-4)16-12(15-11)8-6-2/h5-9H2,1-4H3,(H,14,15,16). The first-order valence-corrected chi connectivity index (χ1v) is 6.27. The lowest BCUT2D eigenvalue weighted by Gasteiger charge is -2.11. The molecule has 1 aromatic heterocycles. The fourth-order valence-electron chi connectivity index (χ4n) is 1.78. The summed E-state index contributed by atoms with van der Waals surface area (Å²) < 4.78 is 0. The summed E-state index contributed by atoms with van der Waals surface area (Å²) >= 11 is 0. The normalized spacial score (nSPS) is 10.5. The quantitative estimate of drug-likeness (QED) is 0.802. The lowest BCUT2D eigenvalue weighted by atomic mass is 10.1. The van der Waals surface area contributed by atoms with Gasteiger partial charge in [0.05, 0.1) is 0 Å². The van der Waals surface area contributed by atoms with Crippen LogP contribution < -0.4 is 5.32 Å². The molecule has 0 atom stereocenters. The lowest BCUT2D eigenvalue weighted by molar-refractivity contribution is 0.745. The molecule has 1 N–H and O–H groups in total. The summed E-state index contributed by atoms with van der Waals surface area (Å²) in [6.07, 6.45) is 5.54. The first-order valence-electron chi connectivity index (χ1n) is 6.27. The number of rotatable bonds is 6. The molecule has 0 fully saturated rings. The minimum absolute atomic E-state index is 0.966. The molecule has 0 spiro atoms. The van der Waals surface area contributed by atoms with Crippen molar-refractivity contribution in [1.29, 1.82) is 0 Å². The Kier molecular flexibility index (Phi) is 5.23. The number of hydrogen-bond acceptors (Lipinski definition) is 3. The third-order valence-corrected chi connectivity index (χ3v) is 2.77. The molecule has 0 radical (unpaired) electrons. The van der Waals surface area contributed by atoms with E-state index in [1.54, 1.807) is 0 Å². The Hall–Kier alpha value is -1.12. The number of hydrogen-bond donors (Lipinski definition) is 1. The van der Waals surface area contributed by atoms with Crippen molar-refractivity contribution in [3.8, 4) is 0 Å². The highest BCUT2D eigenvalue weighted by Gasteiger charge is 2.08. The van der Waals surface area contributed by atoms with Crippen molar-refractivity contribution in [2.75, 3.05) is 12.4 Å². The molecule has 0 saturated carbocycles. The molecule has 0 aliphatic heterocycles. The summed E-state index contributed by atoms with van der Waals surface area (Å²) in [6, 6.07) is 0. The average Bonchev–Trinajstić information content (AvgIpc) is 2.29. The van der Waals surface area contributed by atoms with Gasteiger partial charge >= 0.3 is 0 Å². The van der Waals surface area contributed by atoms with Gasteiger partial charge in [-0.2, -0.15) is 0 Å². The zero-order valence-electron chi connectivity index (χ0n) is 10.9. The van der Waals surface area contributed by atoms with Crippen LogP contribution >= 0.6 is 0 Å². The van der Waals surface area contributed by atoms with E-state index >= 15 is 0 Å². The first kappa shape index (κ1) is 12.9. The second-order valence-electron chi connectivity index (χ2n) is 4.16. The van der Waals surface area contributed by atoms with Gasteiger partial charge in [0.1, 0.15) is 11.6 Å². The van der Waals surface area contributed by atoms with E-state index in [1.807, 2.05) is 7.05 Å². The van der Waals surface area contributed by atoms with Crippen molar-refractivity contribution in [3.05, 3.63) is 17.1 Å². The van der Waals surface area contributed by atoms with Crippen LogP contribution in [0.4, 0.5) is 5.82 Å². The van der Waals surface area contributed by atoms with Gasteiger partial charge in [-0.05, 0) is 26.2 Å².